The molecule has 190 valence electrons. The van der Waals surface area contributed by atoms with E-state index < -0.39 is 16.9 Å². The fourth-order valence-corrected chi connectivity index (χ4v) is 7.09. The van der Waals surface area contributed by atoms with Gasteiger partial charge in [0.05, 0.1) is 5.04 Å². The number of nitrogens with zero attached hydrogens (tertiary/aromatic N) is 1. The molecule has 0 saturated carbocycles. The number of aliphatic imine (C=N–C) groups is 1. The molecule has 0 aromatic heterocycles. The number of hydrogen-bond donors (Lipinski definition) is 2. The highest BCUT2D eigenvalue weighted by Gasteiger charge is 2.23. The van der Waals surface area contributed by atoms with Crippen molar-refractivity contribution >= 4 is 21.9 Å². The number of carboxylic acid groups (broad SMARTS) is 1. The van der Waals surface area contributed by atoms with Gasteiger partial charge in [0.2, 0.25) is 0 Å². The molecule has 1 aliphatic heterocycles. The van der Waals surface area contributed by atoms with Crippen molar-refractivity contribution < 1.29 is 14.6 Å². The van der Waals surface area contributed by atoms with Gasteiger partial charge < -0.3 is 9.84 Å². The van der Waals surface area contributed by atoms with Crippen LogP contribution in [0.25, 0.3) is 0 Å². The summed E-state index contributed by atoms with van der Waals surface area (Å²) >= 11 is 0. The van der Waals surface area contributed by atoms with Crippen LogP contribution >= 0.6 is 10.9 Å². The molecule has 1 atom stereocenters. The quantitative estimate of drug-likeness (QED) is 0.191. The average Bonchev–Trinajstić information content (AvgIpc) is 3.37. The van der Waals surface area contributed by atoms with Crippen LogP contribution in [0.5, 0.6) is 5.75 Å². The van der Waals surface area contributed by atoms with Crippen molar-refractivity contribution in [3.63, 3.8) is 0 Å². The summed E-state index contributed by atoms with van der Waals surface area (Å²) in [5.41, 5.74) is 4.50. The smallest absolute Gasteiger partial charge is 0.303 e. The van der Waals surface area contributed by atoms with Gasteiger partial charge in [0.15, 0.2) is 0 Å². The number of ether oxygens (including phenoxy) is 1. The predicted molar refractivity (Wildman–Crippen MR) is 151 cm³/mol. The third kappa shape index (κ3) is 7.23. The first-order chi connectivity index (χ1) is 17.6. The molecule has 4 rings (SSSR count). The van der Waals surface area contributed by atoms with E-state index in [1.165, 1.54) is 34.8 Å². The zero-order chi connectivity index (χ0) is 25.2. The highest BCUT2D eigenvalue weighted by molar-refractivity contribution is 8.30. The van der Waals surface area contributed by atoms with Crippen LogP contribution in [0.2, 0.25) is 0 Å². The van der Waals surface area contributed by atoms with Crippen LogP contribution in [0, 0.1) is 0 Å². The van der Waals surface area contributed by atoms with Gasteiger partial charge >= 0.3 is 5.97 Å². The van der Waals surface area contributed by atoms with Crippen molar-refractivity contribution in [3.8, 4) is 5.75 Å². The molecule has 3 aromatic rings. The van der Waals surface area contributed by atoms with Gasteiger partial charge in [-0.2, -0.15) is 10.9 Å². The second kappa shape index (κ2) is 13.3. The van der Waals surface area contributed by atoms with Crippen LogP contribution in [0.3, 0.4) is 0 Å². The van der Waals surface area contributed by atoms with Gasteiger partial charge in [-0.3, -0.25) is 9.79 Å². The highest BCUT2D eigenvalue weighted by atomic mass is 32.2. The molecule has 0 amide bonds. The van der Waals surface area contributed by atoms with E-state index in [2.05, 4.69) is 43.3 Å². The lowest BCUT2D eigenvalue weighted by Crippen LogP contribution is -2.07. The molecule has 1 N–H and O–H groups in total. The molecule has 0 saturated heterocycles. The summed E-state index contributed by atoms with van der Waals surface area (Å²) in [6, 6.07) is 25.1. The van der Waals surface area contributed by atoms with Crippen molar-refractivity contribution in [2.75, 3.05) is 12.3 Å². The molecule has 3 aromatic carbocycles. The molecule has 0 aliphatic carbocycles. The standard InChI is InChI=1S/C31H37NO3S/c1-2-3-6-15-30-32-18-19-36(30)27-21-26(16-17-31(33)34)28(20-24-11-7-4-8-12-24)29(22-27)35-23-25-13-9-5-10-14-25/h4-5,7-14,21-22,36H,2-3,6,15-20,23H2,1H3,(H,33,34). The Morgan fingerprint density at radius 2 is 1.69 bits per heavy atom. The largest absolute Gasteiger partial charge is 0.489 e. The van der Waals surface area contributed by atoms with Crippen LogP contribution < -0.4 is 4.74 Å². The lowest BCUT2D eigenvalue weighted by atomic mass is 9.96. The van der Waals surface area contributed by atoms with Crippen molar-refractivity contribution in [2.24, 2.45) is 4.99 Å². The number of thiol groups is 1. The summed E-state index contributed by atoms with van der Waals surface area (Å²) < 4.78 is 6.50. The number of aryl methyl sites for hydroxylation is 1. The average molecular weight is 504 g/mol. The molecule has 1 unspecified atom stereocenters. The molecule has 1 heterocycles. The van der Waals surface area contributed by atoms with Crippen molar-refractivity contribution in [3.05, 3.63) is 95.1 Å². The summed E-state index contributed by atoms with van der Waals surface area (Å²) in [6.07, 6.45) is 6.01. The number of carboxylic acids is 1. The Morgan fingerprint density at radius 3 is 2.39 bits per heavy atom. The van der Waals surface area contributed by atoms with Gasteiger partial charge in [0, 0.05) is 30.7 Å². The fourth-order valence-electron chi connectivity index (χ4n) is 4.69. The zero-order valence-electron chi connectivity index (χ0n) is 21.2. The first kappa shape index (κ1) is 26.0. The molecule has 4 nitrogen and oxygen atoms in total. The van der Waals surface area contributed by atoms with E-state index in [1.54, 1.807) is 0 Å². The Bertz CT molecular complexity index is 1160. The summed E-state index contributed by atoms with van der Waals surface area (Å²) in [5.74, 6) is 1.18. The van der Waals surface area contributed by atoms with Gasteiger partial charge in [0.25, 0.3) is 0 Å². The minimum atomic E-state index is -0.772. The highest BCUT2D eigenvalue weighted by Crippen LogP contribution is 2.46. The maximum absolute atomic E-state index is 11.5. The first-order valence-corrected chi connectivity index (χ1v) is 14.6. The molecular weight excluding hydrogens is 466 g/mol. The minimum absolute atomic E-state index is 0.110. The van der Waals surface area contributed by atoms with Crippen molar-refractivity contribution in [1.29, 1.82) is 0 Å². The third-order valence-corrected chi connectivity index (χ3v) is 9.12. The van der Waals surface area contributed by atoms with E-state index in [0.29, 0.717) is 13.0 Å². The maximum atomic E-state index is 11.5. The monoisotopic (exact) mass is 503 g/mol. The Balaban J connectivity index is 1.71. The number of aliphatic carboxylic acids is 1. The van der Waals surface area contributed by atoms with Crippen molar-refractivity contribution in [2.45, 2.75) is 63.4 Å². The summed E-state index contributed by atoms with van der Waals surface area (Å²) in [6.45, 7) is 3.61. The molecule has 1 aliphatic rings. The molecule has 5 heteroatoms. The molecular formula is C31H37NO3S. The topological polar surface area (TPSA) is 58.9 Å². The van der Waals surface area contributed by atoms with E-state index in [9.17, 15) is 9.90 Å². The Labute approximate surface area is 217 Å². The van der Waals surface area contributed by atoms with Crippen molar-refractivity contribution in [1.82, 2.24) is 0 Å². The first-order valence-electron chi connectivity index (χ1n) is 13.0. The summed E-state index contributed by atoms with van der Waals surface area (Å²) in [5, 5.41) is 10.8. The van der Waals surface area contributed by atoms with E-state index in [4.69, 9.17) is 9.73 Å². The minimum Gasteiger partial charge on any atom is -0.489 e. The van der Waals surface area contributed by atoms with Crippen LogP contribution in [0.15, 0.2) is 82.7 Å². The number of rotatable bonds is 13. The van der Waals surface area contributed by atoms with E-state index in [0.717, 1.165) is 47.6 Å². The third-order valence-electron chi connectivity index (χ3n) is 6.60. The van der Waals surface area contributed by atoms with E-state index >= 15 is 0 Å². The SMILES string of the molecule is CCCCCC1=NCC[SH]1c1cc(CCC(=O)O)c(Cc2ccccc2)c(OCc2ccccc2)c1. The lowest BCUT2D eigenvalue weighted by molar-refractivity contribution is -0.136. The normalized spacial score (nSPS) is 16.0. The number of benzene rings is 3. The maximum Gasteiger partial charge on any atom is 0.303 e. The number of hydrogen-bond acceptors (Lipinski definition) is 3. The fraction of sp³-hybridized carbons (Fsp3) is 0.355. The van der Waals surface area contributed by atoms with E-state index in [-0.39, 0.29) is 6.42 Å². The number of carbonyl (C=O) groups is 1. The van der Waals surface area contributed by atoms with Gasteiger partial charge in [-0.1, -0.05) is 80.4 Å². The van der Waals surface area contributed by atoms with Crippen LogP contribution in [-0.2, 0) is 24.2 Å². The molecule has 0 spiro atoms. The van der Waals surface area contributed by atoms with Crippen LogP contribution in [0.4, 0.5) is 0 Å². The molecule has 0 radical (unpaired) electrons. The van der Waals surface area contributed by atoms with E-state index in [1.807, 2.05) is 36.4 Å². The Kier molecular flexibility index (Phi) is 9.62. The number of unbranched alkanes of at least 4 members (excludes halogenated alkanes) is 2. The van der Waals surface area contributed by atoms with Gasteiger partial charge in [0.1, 0.15) is 12.4 Å². The lowest BCUT2D eigenvalue weighted by Gasteiger charge is -2.23. The Morgan fingerprint density at radius 1 is 0.972 bits per heavy atom. The Hall–Kier alpha value is -3.05. The summed E-state index contributed by atoms with van der Waals surface area (Å²) in [7, 11) is -0.493. The predicted octanol–water partition coefficient (Wildman–Crippen LogP) is 7.23. The van der Waals surface area contributed by atoms with Gasteiger partial charge in [-0.25, -0.2) is 0 Å². The zero-order valence-corrected chi connectivity index (χ0v) is 22.1. The second-order valence-corrected chi connectivity index (χ2v) is 11.7. The van der Waals surface area contributed by atoms with Crippen LogP contribution in [0.1, 0.15) is 61.3 Å². The van der Waals surface area contributed by atoms with Gasteiger partial charge in [-0.15, -0.1) is 0 Å². The molecule has 0 bridgehead atoms. The second-order valence-electron chi connectivity index (χ2n) is 9.32. The molecule has 0 fully saturated rings. The van der Waals surface area contributed by atoms with Crippen LogP contribution in [-0.4, -0.2) is 28.4 Å². The van der Waals surface area contributed by atoms with Gasteiger partial charge in [-0.05, 0) is 53.0 Å². The molecule has 36 heavy (non-hydrogen) atoms. The summed E-state index contributed by atoms with van der Waals surface area (Å²) in [4.78, 5) is 17.7.